The van der Waals surface area contributed by atoms with E-state index in [1.165, 1.54) is 12.4 Å². The molecule has 0 bridgehead atoms. The predicted molar refractivity (Wildman–Crippen MR) is 110 cm³/mol. The number of aryl methyl sites for hydroxylation is 2. The van der Waals surface area contributed by atoms with E-state index in [0.717, 1.165) is 18.4 Å². The zero-order valence-electron chi connectivity index (χ0n) is 16.9. The van der Waals surface area contributed by atoms with Crippen molar-refractivity contribution in [3.63, 3.8) is 0 Å². The van der Waals surface area contributed by atoms with Gasteiger partial charge in [-0.1, -0.05) is 6.07 Å². The number of imidazole rings is 1. The van der Waals surface area contributed by atoms with Gasteiger partial charge in [-0.3, -0.25) is 9.59 Å². The van der Waals surface area contributed by atoms with Crippen molar-refractivity contribution < 1.29 is 14.3 Å². The van der Waals surface area contributed by atoms with Crippen molar-refractivity contribution in [2.24, 2.45) is 17.8 Å². The van der Waals surface area contributed by atoms with E-state index in [1.807, 2.05) is 30.8 Å². The van der Waals surface area contributed by atoms with Crippen LogP contribution >= 0.6 is 0 Å². The summed E-state index contributed by atoms with van der Waals surface area (Å²) in [5.74, 6) is -1.36. The normalized spacial score (nSPS) is 20.4. The summed E-state index contributed by atoms with van der Waals surface area (Å²) in [4.78, 5) is 32.9. The molecule has 9 heteroatoms. The molecule has 0 saturated heterocycles. The molecule has 1 unspecified atom stereocenters. The van der Waals surface area contributed by atoms with Gasteiger partial charge in [-0.15, -0.1) is 0 Å². The summed E-state index contributed by atoms with van der Waals surface area (Å²) in [5.41, 5.74) is 7.65. The summed E-state index contributed by atoms with van der Waals surface area (Å²) >= 11 is 0. The van der Waals surface area contributed by atoms with Gasteiger partial charge in [0.25, 0.3) is 17.7 Å². The average Bonchev–Trinajstić information content (AvgIpc) is 3.45. The van der Waals surface area contributed by atoms with Gasteiger partial charge >= 0.3 is 0 Å². The number of rotatable bonds is 7. The molecular formula is C21H24N6O3. The van der Waals surface area contributed by atoms with Crippen LogP contribution < -0.4 is 16.4 Å². The zero-order chi connectivity index (χ0) is 21.3. The van der Waals surface area contributed by atoms with Crippen LogP contribution in [0.5, 0.6) is 0 Å². The van der Waals surface area contributed by atoms with E-state index in [4.69, 9.17) is 10.5 Å². The van der Waals surface area contributed by atoms with Gasteiger partial charge in [0.15, 0.2) is 0 Å². The Balaban J connectivity index is 1.68. The highest BCUT2D eigenvalue weighted by atomic mass is 16.5. The Morgan fingerprint density at radius 1 is 1.40 bits per heavy atom. The van der Waals surface area contributed by atoms with E-state index in [9.17, 15) is 9.59 Å². The van der Waals surface area contributed by atoms with E-state index in [-0.39, 0.29) is 24.1 Å². The van der Waals surface area contributed by atoms with Gasteiger partial charge in [-0.05, 0) is 37.5 Å². The predicted octanol–water partition coefficient (Wildman–Crippen LogP) is 0.991. The molecule has 4 N–H and O–H groups in total. The monoisotopic (exact) mass is 408 g/mol. The molecule has 1 aliphatic heterocycles. The Morgan fingerprint density at radius 2 is 2.20 bits per heavy atom. The van der Waals surface area contributed by atoms with Crippen LogP contribution in [-0.2, 0) is 29.0 Å². The fraction of sp³-hybridized carbons (Fsp3) is 0.333. The lowest BCUT2D eigenvalue weighted by Gasteiger charge is -2.34. The summed E-state index contributed by atoms with van der Waals surface area (Å²) in [6.07, 6.45) is 8.38. The van der Waals surface area contributed by atoms with E-state index in [1.54, 1.807) is 18.3 Å². The summed E-state index contributed by atoms with van der Waals surface area (Å²) in [5, 5.41) is 6.06. The molecule has 2 aromatic rings. The van der Waals surface area contributed by atoms with Gasteiger partial charge in [-0.25, -0.2) is 9.98 Å². The van der Waals surface area contributed by atoms with Crippen LogP contribution in [0.25, 0.3) is 0 Å². The Morgan fingerprint density at radius 3 is 2.80 bits per heavy atom. The van der Waals surface area contributed by atoms with Gasteiger partial charge < -0.3 is 25.7 Å². The van der Waals surface area contributed by atoms with Crippen LogP contribution in [-0.4, -0.2) is 33.6 Å². The molecule has 1 aromatic carbocycles. The van der Waals surface area contributed by atoms with Crippen LogP contribution in [0.2, 0.25) is 0 Å². The van der Waals surface area contributed by atoms with Gasteiger partial charge in [0.1, 0.15) is 12.4 Å². The summed E-state index contributed by atoms with van der Waals surface area (Å²) in [6.45, 7) is 2.07. The molecular weight excluding hydrogens is 384 g/mol. The van der Waals surface area contributed by atoms with Gasteiger partial charge in [-0.2, -0.15) is 0 Å². The summed E-state index contributed by atoms with van der Waals surface area (Å²) < 4.78 is 8.04. The maximum absolute atomic E-state index is 12.6. The molecule has 1 aliphatic carbocycles. The lowest BCUT2D eigenvalue weighted by molar-refractivity contribution is -0.114. The van der Waals surface area contributed by atoms with Crippen molar-refractivity contribution in [2.75, 3.05) is 0 Å². The number of hydrogen-bond donors (Lipinski definition) is 3. The van der Waals surface area contributed by atoms with Gasteiger partial charge in [0.2, 0.25) is 0 Å². The number of carbonyl (C=O) groups is 2. The highest BCUT2D eigenvalue weighted by Crippen LogP contribution is 2.32. The fourth-order valence-corrected chi connectivity index (χ4v) is 3.18. The van der Waals surface area contributed by atoms with Crippen LogP contribution in [0.4, 0.5) is 0 Å². The molecule has 2 amide bonds. The van der Waals surface area contributed by atoms with Gasteiger partial charge in [0, 0.05) is 49.0 Å². The second-order valence-electron chi connectivity index (χ2n) is 7.53. The van der Waals surface area contributed by atoms with Crippen molar-refractivity contribution >= 4 is 18.0 Å². The quantitative estimate of drug-likeness (QED) is 0.630. The molecule has 30 heavy (non-hydrogen) atoms. The number of aliphatic imine (C=N–C) groups is 1. The van der Waals surface area contributed by atoms with Crippen LogP contribution in [0.1, 0.15) is 40.2 Å². The molecule has 9 nitrogen and oxygen atoms in total. The Hall–Kier alpha value is -3.46. The number of nitrogens with one attached hydrogen (secondary N) is 2. The smallest absolute Gasteiger partial charge is 0.265 e. The minimum atomic E-state index is -1.33. The van der Waals surface area contributed by atoms with Crippen molar-refractivity contribution in [2.45, 2.75) is 38.3 Å². The second kappa shape index (κ2) is 7.75. The molecule has 1 saturated carbocycles. The number of nitrogens with zero attached hydrogens (tertiary/aromatic N) is 3. The first kappa shape index (κ1) is 19.8. The van der Waals surface area contributed by atoms with E-state index < -0.39 is 11.8 Å². The number of ether oxygens (including phenoxy) is 1. The fourth-order valence-electron chi connectivity index (χ4n) is 3.18. The number of nitrogens with two attached hydrogens (primary N) is 1. The highest BCUT2D eigenvalue weighted by Gasteiger charge is 2.37. The van der Waals surface area contributed by atoms with Crippen LogP contribution in [0.15, 0.2) is 47.4 Å². The Labute approximate surface area is 174 Å². The number of primary amides is 1. The number of amides is 2. The summed E-state index contributed by atoms with van der Waals surface area (Å²) in [7, 11) is 1.87. The number of carbonyl (C=O) groups excluding carboxylic acids is 2. The van der Waals surface area contributed by atoms with Crippen molar-refractivity contribution in [1.82, 2.24) is 20.2 Å². The molecule has 0 spiro atoms. The lowest BCUT2D eigenvalue weighted by Crippen LogP contribution is -2.44. The molecule has 1 atom stereocenters. The molecule has 0 radical (unpaired) electrons. The Kier molecular flexibility index (Phi) is 5.13. The lowest BCUT2D eigenvalue weighted by atomic mass is 9.99. The third kappa shape index (κ3) is 3.97. The molecule has 2 heterocycles. The molecule has 4 rings (SSSR count). The minimum absolute atomic E-state index is 0.133. The first-order valence-corrected chi connectivity index (χ1v) is 9.73. The number of hydrogen-bond acceptors (Lipinski definition) is 6. The maximum atomic E-state index is 12.6. The van der Waals surface area contributed by atoms with Crippen molar-refractivity contribution in [3.05, 3.63) is 64.9 Å². The topological polar surface area (TPSA) is 124 Å². The minimum Gasteiger partial charge on any atom is -0.366 e. The molecule has 2 aliphatic rings. The highest BCUT2D eigenvalue weighted by molar-refractivity contribution is 6.11. The van der Waals surface area contributed by atoms with E-state index in [2.05, 4.69) is 20.6 Å². The molecule has 1 aromatic heterocycles. The third-order valence-corrected chi connectivity index (χ3v) is 5.20. The number of aromatic nitrogens is 2. The average molecular weight is 408 g/mol. The zero-order valence-corrected chi connectivity index (χ0v) is 16.9. The van der Waals surface area contributed by atoms with Crippen molar-refractivity contribution in [1.29, 1.82) is 0 Å². The first-order valence-electron chi connectivity index (χ1n) is 9.73. The molecule has 1 fully saturated rings. The standard InChI is InChI=1S/C21H24N6O3/c1-13-3-4-14(20(29)26-16-5-6-16)9-17(13)21(24-10-15(11-25-21)19(22)28)30-12-18-23-7-8-27(18)2/h3-4,7-11,16,24H,5-6,12H2,1-2H3,(H2,22,28)(H,26,29). The largest absolute Gasteiger partial charge is 0.366 e. The van der Waals surface area contributed by atoms with Crippen LogP contribution in [0, 0.1) is 6.92 Å². The van der Waals surface area contributed by atoms with E-state index in [0.29, 0.717) is 17.0 Å². The molecule has 156 valence electrons. The van der Waals surface area contributed by atoms with Crippen molar-refractivity contribution in [3.8, 4) is 0 Å². The van der Waals surface area contributed by atoms with E-state index >= 15 is 0 Å². The first-order chi connectivity index (χ1) is 14.4. The maximum Gasteiger partial charge on any atom is 0.265 e. The SMILES string of the molecule is Cc1ccc(C(=O)NC2CC2)cc1C1(OCc2nccn2C)N=CC(C(N)=O)=CN1. The van der Waals surface area contributed by atoms with Crippen LogP contribution in [0.3, 0.4) is 0 Å². The Bertz CT molecular complexity index is 1050. The van der Waals surface area contributed by atoms with Gasteiger partial charge in [0.05, 0.1) is 5.57 Å². The third-order valence-electron chi connectivity index (χ3n) is 5.20. The number of benzene rings is 1. The summed E-state index contributed by atoms with van der Waals surface area (Å²) in [6, 6.07) is 5.65. The second-order valence-corrected chi connectivity index (χ2v) is 7.53.